The van der Waals surface area contributed by atoms with E-state index in [9.17, 15) is 13.6 Å². The molecule has 0 aliphatic carbocycles. The Morgan fingerprint density at radius 1 is 1.42 bits per heavy atom. The number of hydrogen-bond acceptors (Lipinski definition) is 3. The predicted molar refractivity (Wildman–Crippen MR) is 66.4 cm³/mol. The first-order valence-corrected chi connectivity index (χ1v) is 6.35. The number of esters is 1. The van der Waals surface area contributed by atoms with Gasteiger partial charge >= 0.3 is 5.97 Å². The monoisotopic (exact) mass is 269 g/mol. The molecule has 1 aromatic carbocycles. The van der Waals surface area contributed by atoms with Crippen molar-refractivity contribution in [3.05, 3.63) is 35.4 Å². The van der Waals surface area contributed by atoms with Crippen LogP contribution < -0.4 is 0 Å². The molecule has 1 unspecified atom stereocenters. The Labute approximate surface area is 111 Å². The molecular weight excluding hydrogens is 252 g/mol. The number of benzene rings is 1. The van der Waals surface area contributed by atoms with Gasteiger partial charge in [0.1, 0.15) is 11.6 Å². The van der Waals surface area contributed by atoms with E-state index < -0.39 is 11.6 Å². The van der Waals surface area contributed by atoms with Crippen LogP contribution in [0.15, 0.2) is 18.2 Å². The summed E-state index contributed by atoms with van der Waals surface area (Å²) in [7, 11) is 1.36. The smallest absolute Gasteiger partial charge is 0.309 e. The minimum Gasteiger partial charge on any atom is -0.469 e. The van der Waals surface area contributed by atoms with Gasteiger partial charge < -0.3 is 4.74 Å². The molecule has 3 nitrogen and oxygen atoms in total. The number of likely N-dealkylation sites (tertiary alicyclic amines) is 1. The van der Waals surface area contributed by atoms with E-state index in [1.807, 2.05) is 4.90 Å². The zero-order valence-corrected chi connectivity index (χ0v) is 10.9. The van der Waals surface area contributed by atoms with Gasteiger partial charge in [0.2, 0.25) is 0 Å². The Morgan fingerprint density at radius 3 is 2.74 bits per heavy atom. The number of nitrogens with zero attached hydrogens (tertiary/aromatic N) is 1. The molecule has 0 N–H and O–H groups in total. The molecule has 2 rings (SSSR count). The van der Waals surface area contributed by atoms with E-state index in [1.54, 1.807) is 0 Å². The first kappa shape index (κ1) is 13.9. The van der Waals surface area contributed by atoms with E-state index in [0.29, 0.717) is 6.54 Å². The summed E-state index contributed by atoms with van der Waals surface area (Å²) in [5, 5.41) is 0. The van der Waals surface area contributed by atoms with Crippen LogP contribution in [-0.2, 0) is 16.1 Å². The highest BCUT2D eigenvalue weighted by Gasteiger charge is 2.27. The zero-order chi connectivity index (χ0) is 13.8. The SMILES string of the molecule is COC(=O)C1CCCN(Cc2c(F)cccc2F)C1. The molecule has 1 aromatic rings. The summed E-state index contributed by atoms with van der Waals surface area (Å²) in [6.07, 6.45) is 1.60. The van der Waals surface area contributed by atoms with Gasteiger partial charge in [-0.2, -0.15) is 0 Å². The summed E-state index contributed by atoms with van der Waals surface area (Å²) in [4.78, 5) is 13.4. The Morgan fingerprint density at radius 2 is 2.11 bits per heavy atom. The number of rotatable bonds is 3. The van der Waals surface area contributed by atoms with Crippen molar-refractivity contribution in [3.63, 3.8) is 0 Å². The summed E-state index contributed by atoms with van der Waals surface area (Å²) < 4.78 is 31.9. The molecule has 1 saturated heterocycles. The molecule has 0 bridgehead atoms. The number of halogens is 2. The third kappa shape index (κ3) is 3.29. The van der Waals surface area contributed by atoms with Crippen LogP contribution in [0.5, 0.6) is 0 Å². The summed E-state index contributed by atoms with van der Waals surface area (Å²) in [5.74, 6) is -1.53. The first-order valence-electron chi connectivity index (χ1n) is 6.35. The van der Waals surface area contributed by atoms with Gasteiger partial charge in [-0.1, -0.05) is 6.07 Å². The van der Waals surface area contributed by atoms with E-state index in [4.69, 9.17) is 4.74 Å². The van der Waals surface area contributed by atoms with E-state index in [2.05, 4.69) is 0 Å². The van der Waals surface area contributed by atoms with Gasteiger partial charge in [0, 0.05) is 18.7 Å². The van der Waals surface area contributed by atoms with E-state index in [0.717, 1.165) is 19.4 Å². The molecule has 1 aliphatic rings. The molecular formula is C14H17F2NO2. The highest BCUT2D eigenvalue weighted by molar-refractivity contribution is 5.72. The van der Waals surface area contributed by atoms with Gasteiger partial charge in [-0.25, -0.2) is 8.78 Å². The van der Waals surface area contributed by atoms with Crippen molar-refractivity contribution in [2.24, 2.45) is 5.92 Å². The van der Waals surface area contributed by atoms with Crippen LogP contribution in [0.4, 0.5) is 8.78 Å². The zero-order valence-electron chi connectivity index (χ0n) is 10.9. The predicted octanol–water partition coefficient (Wildman–Crippen LogP) is 2.35. The minimum atomic E-state index is -0.541. The van der Waals surface area contributed by atoms with Crippen molar-refractivity contribution >= 4 is 5.97 Å². The lowest BCUT2D eigenvalue weighted by molar-refractivity contribution is -0.147. The molecule has 19 heavy (non-hydrogen) atoms. The Kier molecular flexibility index (Phi) is 4.47. The lowest BCUT2D eigenvalue weighted by Gasteiger charge is -2.31. The van der Waals surface area contributed by atoms with Crippen molar-refractivity contribution in [1.29, 1.82) is 0 Å². The van der Waals surface area contributed by atoms with Crippen LogP contribution in [0.25, 0.3) is 0 Å². The third-order valence-electron chi connectivity index (χ3n) is 3.48. The van der Waals surface area contributed by atoms with Gasteiger partial charge in [-0.15, -0.1) is 0 Å². The summed E-state index contributed by atoms with van der Waals surface area (Å²) >= 11 is 0. The van der Waals surface area contributed by atoms with Gasteiger partial charge in [-0.05, 0) is 31.5 Å². The normalized spacial score (nSPS) is 20.3. The number of hydrogen-bond donors (Lipinski definition) is 0. The van der Waals surface area contributed by atoms with Crippen molar-refractivity contribution in [3.8, 4) is 0 Å². The van der Waals surface area contributed by atoms with Gasteiger partial charge in [0.05, 0.1) is 13.0 Å². The lowest BCUT2D eigenvalue weighted by Crippen LogP contribution is -2.39. The van der Waals surface area contributed by atoms with Crippen LogP contribution in [0.2, 0.25) is 0 Å². The molecule has 104 valence electrons. The lowest BCUT2D eigenvalue weighted by atomic mass is 9.97. The molecule has 0 radical (unpaired) electrons. The fourth-order valence-corrected chi connectivity index (χ4v) is 2.47. The Bertz CT molecular complexity index is 445. The third-order valence-corrected chi connectivity index (χ3v) is 3.48. The standard InChI is InChI=1S/C14H17F2NO2/c1-19-14(18)10-4-3-7-17(8-10)9-11-12(15)5-2-6-13(11)16/h2,5-6,10H,3-4,7-9H2,1H3. The van der Waals surface area contributed by atoms with Crippen LogP contribution in [0, 0.1) is 17.6 Å². The second kappa shape index (κ2) is 6.10. The molecule has 5 heteroatoms. The number of piperidine rings is 1. The minimum absolute atomic E-state index is 0.0630. The first-order chi connectivity index (χ1) is 9.11. The van der Waals surface area contributed by atoms with E-state index in [1.165, 1.54) is 25.3 Å². The number of carbonyl (C=O) groups excluding carboxylic acids is 1. The summed E-state index contributed by atoms with van der Waals surface area (Å²) in [6, 6.07) is 3.85. The van der Waals surface area contributed by atoms with Crippen molar-refractivity contribution in [2.75, 3.05) is 20.2 Å². The second-order valence-electron chi connectivity index (χ2n) is 4.80. The van der Waals surface area contributed by atoms with Crippen molar-refractivity contribution in [1.82, 2.24) is 4.90 Å². The van der Waals surface area contributed by atoms with Crippen LogP contribution in [0.1, 0.15) is 18.4 Å². The fraction of sp³-hybridized carbons (Fsp3) is 0.500. The molecule has 1 aliphatic heterocycles. The maximum atomic E-state index is 13.6. The molecule has 0 saturated carbocycles. The topological polar surface area (TPSA) is 29.5 Å². The average molecular weight is 269 g/mol. The average Bonchev–Trinajstić information content (AvgIpc) is 2.42. The number of ether oxygens (including phenoxy) is 1. The molecule has 1 atom stereocenters. The Hall–Kier alpha value is -1.49. The molecule has 0 aromatic heterocycles. The maximum Gasteiger partial charge on any atom is 0.309 e. The van der Waals surface area contributed by atoms with Crippen LogP contribution in [-0.4, -0.2) is 31.1 Å². The van der Waals surface area contributed by atoms with Crippen molar-refractivity contribution < 1.29 is 18.3 Å². The maximum absolute atomic E-state index is 13.6. The quantitative estimate of drug-likeness (QED) is 0.789. The van der Waals surface area contributed by atoms with Crippen LogP contribution >= 0.6 is 0 Å². The Balaban J connectivity index is 2.05. The summed E-state index contributed by atoms with van der Waals surface area (Å²) in [6.45, 7) is 1.41. The van der Waals surface area contributed by atoms with E-state index >= 15 is 0 Å². The van der Waals surface area contributed by atoms with E-state index in [-0.39, 0.29) is 24.0 Å². The highest BCUT2D eigenvalue weighted by Crippen LogP contribution is 2.21. The molecule has 1 fully saturated rings. The second-order valence-corrected chi connectivity index (χ2v) is 4.80. The van der Waals surface area contributed by atoms with Crippen molar-refractivity contribution in [2.45, 2.75) is 19.4 Å². The fourth-order valence-electron chi connectivity index (χ4n) is 2.47. The molecule has 0 amide bonds. The largest absolute Gasteiger partial charge is 0.469 e. The summed E-state index contributed by atoms with van der Waals surface area (Å²) in [5.41, 5.74) is 0.0630. The molecule has 1 heterocycles. The highest BCUT2D eigenvalue weighted by atomic mass is 19.1. The number of carbonyl (C=O) groups is 1. The number of methoxy groups -OCH3 is 1. The van der Waals surface area contributed by atoms with Crippen LogP contribution in [0.3, 0.4) is 0 Å². The molecule has 0 spiro atoms. The van der Waals surface area contributed by atoms with Gasteiger partial charge in [-0.3, -0.25) is 9.69 Å². The van der Waals surface area contributed by atoms with Gasteiger partial charge in [0.25, 0.3) is 0 Å². The van der Waals surface area contributed by atoms with Gasteiger partial charge in [0.15, 0.2) is 0 Å².